The standard InChI is InChI=1S/C20H21F3N4O/c21-20(22,23)16-6-7-18(24-11-16)26-12-15-8-9-27(17(15)13-26)19(28)25-10-14-4-2-1-3-5-14/h1-7,11,15,17H,8-10,12-13H2,(H,25,28). The minimum absolute atomic E-state index is 0.0554. The second-order valence-electron chi connectivity index (χ2n) is 7.26. The van der Waals surface area contributed by atoms with Crippen molar-refractivity contribution < 1.29 is 18.0 Å². The number of likely N-dealkylation sites (tertiary alicyclic amines) is 1. The molecule has 1 aromatic carbocycles. The highest BCUT2D eigenvalue weighted by Gasteiger charge is 2.43. The minimum atomic E-state index is -4.39. The summed E-state index contributed by atoms with van der Waals surface area (Å²) in [5.41, 5.74) is 0.283. The third kappa shape index (κ3) is 3.76. The Bertz CT molecular complexity index is 826. The lowest BCUT2D eigenvalue weighted by molar-refractivity contribution is -0.137. The van der Waals surface area contributed by atoms with Gasteiger partial charge in [0, 0.05) is 38.3 Å². The van der Waals surface area contributed by atoms with Gasteiger partial charge in [-0.3, -0.25) is 0 Å². The molecule has 2 saturated heterocycles. The molecule has 8 heteroatoms. The van der Waals surface area contributed by atoms with Gasteiger partial charge in [-0.1, -0.05) is 30.3 Å². The molecule has 0 bridgehead atoms. The number of anilines is 1. The van der Waals surface area contributed by atoms with E-state index in [1.807, 2.05) is 40.1 Å². The van der Waals surface area contributed by atoms with Gasteiger partial charge in [0.2, 0.25) is 0 Å². The number of nitrogens with one attached hydrogen (secondary N) is 1. The predicted molar refractivity (Wildman–Crippen MR) is 98.7 cm³/mol. The van der Waals surface area contributed by atoms with E-state index in [1.165, 1.54) is 6.07 Å². The molecule has 5 nitrogen and oxygen atoms in total. The van der Waals surface area contributed by atoms with E-state index >= 15 is 0 Å². The van der Waals surface area contributed by atoms with Crippen LogP contribution in [0, 0.1) is 5.92 Å². The van der Waals surface area contributed by atoms with E-state index in [-0.39, 0.29) is 12.1 Å². The number of carbonyl (C=O) groups is 1. The minimum Gasteiger partial charge on any atom is -0.354 e. The molecular weight excluding hydrogens is 369 g/mol. The van der Waals surface area contributed by atoms with Gasteiger partial charge in [0.05, 0.1) is 11.6 Å². The number of benzene rings is 1. The zero-order chi connectivity index (χ0) is 19.7. The number of nitrogens with zero attached hydrogens (tertiary/aromatic N) is 3. The Morgan fingerprint density at radius 2 is 1.93 bits per heavy atom. The van der Waals surface area contributed by atoms with Crippen LogP contribution in [0.2, 0.25) is 0 Å². The molecule has 2 fully saturated rings. The number of carbonyl (C=O) groups excluding carboxylic acids is 1. The van der Waals surface area contributed by atoms with E-state index in [0.29, 0.717) is 37.9 Å². The summed E-state index contributed by atoms with van der Waals surface area (Å²) in [4.78, 5) is 20.4. The third-order valence-electron chi connectivity index (χ3n) is 5.49. The fourth-order valence-corrected chi connectivity index (χ4v) is 4.02. The Kier molecular flexibility index (Phi) is 4.87. The Balaban J connectivity index is 1.38. The number of halogens is 3. The number of hydrogen-bond donors (Lipinski definition) is 1. The molecule has 2 unspecified atom stereocenters. The summed E-state index contributed by atoms with van der Waals surface area (Å²) in [6.45, 7) is 2.45. The molecule has 2 atom stereocenters. The fraction of sp³-hybridized carbons (Fsp3) is 0.400. The number of pyridine rings is 1. The number of alkyl halides is 3. The van der Waals surface area contributed by atoms with Crippen LogP contribution >= 0.6 is 0 Å². The van der Waals surface area contributed by atoms with Gasteiger partial charge in [0.1, 0.15) is 5.82 Å². The lowest BCUT2D eigenvalue weighted by Crippen LogP contribution is -2.45. The summed E-state index contributed by atoms with van der Waals surface area (Å²) in [5.74, 6) is 0.832. The Morgan fingerprint density at radius 3 is 2.61 bits per heavy atom. The summed E-state index contributed by atoms with van der Waals surface area (Å²) in [5, 5.41) is 2.96. The second kappa shape index (κ2) is 7.33. The molecule has 0 spiro atoms. The van der Waals surface area contributed by atoms with Crippen LogP contribution in [0.4, 0.5) is 23.8 Å². The molecular formula is C20H21F3N4O. The zero-order valence-electron chi connectivity index (χ0n) is 15.2. The van der Waals surface area contributed by atoms with Gasteiger partial charge in [0.15, 0.2) is 0 Å². The highest BCUT2D eigenvalue weighted by molar-refractivity contribution is 5.75. The van der Waals surface area contributed by atoms with Crippen molar-refractivity contribution in [2.75, 3.05) is 24.5 Å². The van der Waals surface area contributed by atoms with Crippen LogP contribution in [0.5, 0.6) is 0 Å². The number of amides is 2. The van der Waals surface area contributed by atoms with Crippen molar-refractivity contribution >= 4 is 11.8 Å². The molecule has 2 amide bonds. The SMILES string of the molecule is O=C(NCc1ccccc1)N1CCC2CN(c3ccc(C(F)(F)F)cn3)CC21. The normalized spacial score (nSPS) is 21.7. The van der Waals surface area contributed by atoms with Gasteiger partial charge in [-0.15, -0.1) is 0 Å². The van der Waals surface area contributed by atoms with Crippen molar-refractivity contribution in [1.82, 2.24) is 15.2 Å². The van der Waals surface area contributed by atoms with Crippen LogP contribution in [-0.2, 0) is 12.7 Å². The number of urea groups is 1. The lowest BCUT2D eigenvalue weighted by Gasteiger charge is -2.25. The molecule has 0 saturated carbocycles. The van der Waals surface area contributed by atoms with Gasteiger partial charge in [-0.2, -0.15) is 13.2 Å². The highest BCUT2D eigenvalue weighted by atomic mass is 19.4. The van der Waals surface area contributed by atoms with Gasteiger partial charge in [-0.25, -0.2) is 9.78 Å². The quantitative estimate of drug-likeness (QED) is 0.873. The zero-order valence-corrected chi connectivity index (χ0v) is 15.2. The molecule has 2 aliphatic rings. The van der Waals surface area contributed by atoms with E-state index in [2.05, 4.69) is 10.3 Å². The summed E-state index contributed by atoms with van der Waals surface area (Å²) < 4.78 is 38.1. The van der Waals surface area contributed by atoms with Gasteiger partial charge in [-0.05, 0) is 24.1 Å². The molecule has 1 aromatic heterocycles. The molecule has 0 radical (unpaired) electrons. The van der Waals surface area contributed by atoms with Crippen molar-refractivity contribution in [3.63, 3.8) is 0 Å². The van der Waals surface area contributed by atoms with Crippen molar-refractivity contribution in [3.8, 4) is 0 Å². The first-order chi connectivity index (χ1) is 13.4. The van der Waals surface area contributed by atoms with Crippen molar-refractivity contribution in [2.24, 2.45) is 5.92 Å². The molecule has 28 heavy (non-hydrogen) atoms. The van der Waals surface area contributed by atoms with Crippen LogP contribution in [0.15, 0.2) is 48.7 Å². The van der Waals surface area contributed by atoms with E-state index < -0.39 is 11.7 Å². The summed E-state index contributed by atoms with van der Waals surface area (Å²) in [6.07, 6.45) is -2.63. The number of rotatable bonds is 3. The first kappa shape index (κ1) is 18.6. The fourth-order valence-electron chi connectivity index (χ4n) is 4.02. The van der Waals surface area contributed by atoms with Crippen LogP contribution in [0.3, 0.4) is 0 Å². The molecule has 2 aromatic rings. The summed E-state index contributed by atoms with van der Waals surface area (Å²) in [6, 6.07) is 12.1. The second-order valence-corrected chi connectivity index (χ2v) is 7.26. The Morgan fingerprint density at radius 1 is 1.14 bits per heavy atom. The van der Waals surface area contributed by atoms with Gasteiger partial charge >= 0.3 is 12.2 Å². The van der Waals surface area contributed by atoms with Gasteiger partial charge < -0.3 is 15.1 Å². The molecule has 148 valence electrons. The first-order valence-electron chi connectivity index (χ1n) is 9.28. The molecule has 4 rings (SSSR count). The topological polar surface area (TPSA) is 48.5 Å². The largest absolute Gasteiger partial charge is 0.417 e. The van der Waals surface area contributed by atoms with Crippen molar-refractivity contribution in [2.45, 2.75) is 25.2 Å². The Hall–Kier alpha value is -2.77. The van der Waals surface area contributed by atoms with Crippen LogP contribution in [0.1, 0.15) is 17.5 Å². The maximum Gasteiger partial charge on any atom is 0.417 e. The average Bonchev–Trinajstić information content (AvgIpc) is 3.27. The molecule has 2 aliphatic heterocycles. The van der Waals surface area contributed by atoms with Crippen LogP contribution < -0.4 is 10.2 Å². The number of fused-ring (bicyclic) bond motifs is 1. The van der Waals surface area contributed by atoms with Crippen LogP contribution in [0.25, 0.3) is 0 Å². The maximum atomic E-state index is 12.7. The van der Waals surface area contributed by atoms with E-state index in [9.17, 15) is 18.0 Å². The van der Waals surface area contributed by atoms with Crippen molar-refractivity contribution in [1.29, 1.82) is 0 Å². The maximum absolute atomic E-state index is 12.7. The summed E-state index contributed by atoms with van der Waals surface area (Å²) >= 11 is 0. The predicted octanol–water partition coefficient (Wildman–Crippen LogP) is 3.52. The highest BCUT2D eigenvalue weighted by Crippen LogP contribution is 2.34. The smallest absolute Gasteiger partial charge is 0.354 e. The van der Waals surface area contributed by atoms with Crippen LogP contribution in [-0.4, -0.2) is 41.6 Å². The molecule has 3 heterocycles. The Labute approximate surface area is 161 Å². The van der Waals surface area contributed by atoms with Crippen molar-refractivity contribution in [3.05, 3.63) is 59.8 Å². The van der Waals surface area contributed by atoms with Gasteiger partial charge in [0.25, 0.3) is 0 Å². The monoisotopic (exact) mass is 390 g/mol. The molecule has 1 N–H and O–H groups in total. The number of hydrogen-bond acceptors (Lipinski definition) is 3. The third-order valence-corrected chi connectivity index (χ3v) is 5.49. The average molecular weight is 390 g/mol. The van der Waals surface area contributed by atoms with E-state index in [4.69, 9.17) is 0 Å². The first-order valence-corrected chi connectivity index (χ1v) is 9.28. The van der Waals surface area contributed by atoms with E-state index in [1.54, 1.807) is 0 Å². The van der Waals surface area contributed by atoms with E-state index in [0.717, 1.165) is 24.2 Å². The number of aromatic nitrogens is 1. The lowest BCUT2D eigenvalue weighted by atomic mass is 10.1. The summed E-state index contributed by atoms with van der Waals surface area (Å²) in [7, 11) is 0. The molecule has 0 aliphatic carbocycles.